The molecule has 20 heavy (non-hydrogen) atoms. The van der Waals surface area contributed by atoms with Gasteiger partial charge in [0.1, 0.15) is 11.1 Å². The molecule has 5 heteroatoms. The lowest BCUT2D eigenvalue weighted by atomic mass is 9.97. The van der Waals surface area contributed by atoms with Crippen LogP contribution in [0.25, 0.3) is 0 Å². The minimum absolute atomic E-state index is 0.246. The van der Waals surface area contributed by atoms with E-state index >= 15 is 0 Å². The molecule has 0 radical (unpaired) electrons. The number of rotatable bonds is 5. The van der Waals surface area contributed by atoms with Crippen molar-refractivity contribution < 1.29 is 9.47 Å². The molecule has 1 unspecified atom stereocenters. The molecule has 3 nitrogen and oxygen atoms in total. The average molecular weight is 316 g/mol. The molecular weight excluding hydrogens is 297 g/mol. The van der Waals surface area contributed by atoms with E-state index in [-0.39, 0.29) is 6.10 Å². The lowest BCUT2D eigenvalue weighted by Crippen LogP contribution is -2.31. The maximum atomic E-state index is 6.27. The van der Waals surface area contributed by atoms with Crippen molar-refractivity contribution in [3.8, 4) is 11.5 Å². The van der Waals surface area contributed by atoms with Crippen LogP contribution in [0, 0.1) is 11.8 Å². The summed E-state index contributed by atoms with van der Waals surface area (Å²) in [7, 11) is 1.59. The molecular formula is C15H19Cl2NO2. The van der Waals surface area contributed by atoms with Crippen LogP contribution in [0.5, 0.6) is 11.5 Å². The summed E-state index contributed by atoms with van der Waals surface area (Å²) in [5.74, 6) is 2.47. The van der Waals surface area contributed by atoms with Crippen molar-refractivity contribution in [2.24, 2.45) is 11.8 Å². The quantitative estimate of drug-likeness (QED) is 0.897. The van der Waals surface area contributed by atoms with Gasteiger partial charge in [-0.1, -0.05) is 23.2 Å². The van der Waals surface area contributed by atoms with Gasteiger partial charge in [0.2, 0.25) is 0 Å². The molecule has 2 aliphatic rings. The van der Waals surface area contributed by atoms with Gasteiger partial charge in [-0.25, -0.2) is 0 Å². The molecule has 1 heterocycles. The summed E-state index contributed by atoms with van der Waals surface area (Å²) in [5, 5.41) is 4.32. The van der Waals surface area contributed by atoms with E-state index in [0.717, 1.165) is 13.1 Å². The third-order valence-electron chi connectivity index (χ3n) is 4.13. The highest BCUT2D eigenvalue weighted by Crippen LogP contribution is 2.44. The van der Waals surface area contributed by atoms with Gasteiger partial charge in [-0.05, 0) is 43.9 Å². The van der Waals surface area contributed by atoms with Crippen molar-refractivity contribution in [1.82, 2.24) is 5.32 Å². The fraction of sp³-hybridized carbons (Fsp3) is 0.600. The second kappa shape index (κ2) is 6.00. The Bertz CT molecular complexity index is 485. The fourth-order valence-corrected chi connectivity index (χ4v) is 3.29. The number of ether oxygens (including phenoxy) is 2. The summed E-state index contributed by atoms with van der Waals surface area (Å²) >= 11 is 12.2. The van der Waals surface area contributed by atoms with E-state index in [9.17, 15) is 0 Å². The summed E-state index contributed by atoms with van der Waals surface area (Å²) in [6, 6.07) is 3.61. The third-order valence-corrected chi connectivity index (χ3v) is 4.92. The van der Waals surface area contributed by atoms with Gasteiger partial charge in [0.05, 0.1) is 12.1 Å². The summed E-state index contributed by atoms with van der Waals surface area (Å²) in [6.45, 7) is 2.11. The molecule has 1 aromatic carbocycles. The summed E-state index contributed by atoms with van der Waals surface area (Å²) in [5.41, 5.74) is 0. The first-order valence-electron chi connectivity index (χ1n) is 7.10. The Morgan fingerprint density at radius 1 is 1.20 bits per heavy atom. The van der Waals surface area contributed by atoms with Gasteiger partial charge in [0, 0.05) is 12.5 Å². The molecule has 110 valence electrons. The van der Waals surface area contributed by atoms with Crippen LogP contribution < -0.4 is 14.8 Å². The van der Waals surface area contributed by atoms with Crippen LogP contribution in [0.15, 0.2) is 12.1 Å². The van der Waals surface area contributed by atoms with Crippen molar-refractivity contribution in [2.45, 2.75) is 25.4 Å². The molecule has 2 atom stereocenters. The van der Waals surface area contributed by atoms with Crippen molar-refractivity contribution in [1.29, 1.82) is 0 Å². The van der Waals surface area contributed by atoms with E-state index in [1.165, 1.54) is 19.3 Å². The highest BCUT2D eigenvalue weighted by Gasteiger charge is 2.40. The van der Waals surface area contributed by atoms with Gasteiger partial charge in [0.15, 0.2) is 11.5 Å². The molecule has 0 aromatic heterocycles. The number of nitrogens with one attached hydrogen (secondary N) is 1. The molecule has 2 fully saturated rings. The highest BCUT2D eigenvalue weighted by atomic mass is 35.5. The molecule has 1 N–H and O–H groups in total. The molecule has 1 saturated carbocycles. The predicted octanol–water partition coefficient (Wildman–Crippen LogP) is 3.77. The van der Waals surface area contributed by atoms with Gasteiger partial charge in [0.25, 0.3) is 0 Å². The zero-order valence-electron chi connectivity index (χ0n) is 11.5. The van der Waals surface area contributed by atoms with Gasteiger partial charge >= 0.3 is 0 Å². The van der Waals surface area contributed by atoms with Crippen molar-refractivity contribution in [2.75, 3.05) is 20.2 Å². The Hall–Kier alpha value is -0.640. The van der Waals surface area contributed by atoms with Crippen LogP contribution in [-0.4, -0.2) is 26.3 Å². The van der Waals surface area contributed by atoms with Crippen LogP contribution in [0.4, 0.5) is 0 Å². The largest absolute Gasteiger partial charge is 0.491 e. The van der Waals surface area contributed by atoms with Gasteiger partial charge in [-0.3, -0.25) is 0 Å². The van der Waals surface area contributed by atoms with Crippen molar-refractivity contribution in [3.05, 3.63) is 22.2 Å². The van der Waals surface area contributed by atoms with Crippen LogP contribution >= 0.6 is 23.2 Å². The topological polar surface area (TPSA) is 30.5 Å². The molecule has 0 spiro atoms. The van der Waals surface area contributed by atoms with Gasteiger partial charge in [-0.2, -0.15) is 0 Å². The van der Waals surface area contributed by atoms with E-state index in [4.69, 9.17) is 32.7 Å². The van der Waals surface area contributed by atoms with E-state index in [1.807, 2.05) is 6.07 Å². The molecule has 0 bridgehead atoms. The second-order valence-corrected chi connectivity index (χ2v) is 6.35. The van der Waals surface area contributed by atoms with Gasteiger partial charge in [-0.15, -0.1) is 0 Å². The zero-order chi connectivity index (χ0) is 14.1. The number of benzene rings is 1. The van der Waals surface area contributed by atoms with E-state index < -0.39 is 0 Å². The molecule has 1 aromatic rings. The smallest absolute Gasteiger partial charge is 0.180 e. The lowest BCUT2D eigenvalue weighted by molar-refractivity contribution is 0.116. The lowest BCUT2D eigenvalue weighted by Gasteiger charge is -2.25. The normalized spacial score (nSPS) is 23.6. The summed E-state index contributed by atoms with van der Waals surface area (Å²) < 4.78 is 11.6. The minimum Gasteiger partial charge on any atom is -0.491 e. The van der Waals surface area contributed by atoms with Crippen LogP contribution in [0.1, 0.15) is 19.3 Å². The Kier molecular flexibility index (Phi) is 4.29. The van der Waals surface area contributed by atoms with Crippen molar-refractivity contribution in [3.63, 3.8) is 0 Å². The molecule has 1 aliphatic heterocycles. The van der Waals surface area contributed by atoms with Crippen LogP contribution in [-0.2, 0) is 0 Å². The van der Waals surface area contributed by atoms with E-state index in [2.05, 4.69) is 5.32 Å². The maximum absolute atomic E-state index is 6.27. The number of hydrogen-bond donors (Lipinski definition) is 1. The summed E-state index contributed by atoms with van der Waals surface area (Å²) in [6.07, 6.45) is 3.93. The number of hydrogen-bond acceptors (Lipinski definition) is 3. The Morgan fingerprint density at radius 2 is 2.00 bits per heavy atom. The first-order valence-corrected chi connectivity index (χ1v) is 7.85. The third kappa shape index (κ3) is 2.85. The van der Waals surface area contributed by atoms with E-state index in [0.29, 0.717) is 33.4 Å². The standard InChI is InChI=1S/C15H19Cl2NO2/c1-19-15-12(5-4-11(16)13(15)17)20-14(9-2-3-9)10-6-7-18-8-10/h4-5,9-10,14,18H,2-3,6-8H2,1H3/t10-,14?/m0/s1. The van der Waals surface area contributed by atoms with Gasteiger partial charge < -0.3 is 14.8 Å². The SMILES string of the molecule is COc1c(OC(C2CC2)[C@H]2CCNC2)ccc(Cl)c1Cl. The monoisotopic (exact) mass is 315 g/mol. The fourth-order valence-electron chi connectivity index (χ4n) is 2.90. The molecule has 1 saturated heterocycles. The number of methoxy groups -OCH3 is 1. The molecule has 3 rings (SSSR count). The zero-order valence-corrected chi connectivity index (χ0v) is 13.0. The Balaban J connectivity index is 1.83. The highest BCUT2D eigenvalue weighted by molar-refractivity contribution is 6.43. The van der Waals surface area contributed by atoms with Crippen LogP contribution in [0.2, 0.25) is 10.0 Å². The minimum atomic E-state index is 0.246. The predicted molar refractivity (Wildman–Crippen MR) is 81.1 cm³/mol. The Morgan fingerprint density at radius 3 is 2.60 bits per heavy atom. The van der Waals surface area contributed by atoms with Crippen molar-refractivity contribution >= 4 is 23.2 Å². The first kappa shape index (κ1) is 14.3. The first-order chi connectivity index (χ1) is 9.70. The Labute approximate surface area is 129 Å². The summed E-state index contributed by atoms with van der Waals surface area (Å²) in [4.78, 5) is 0. The van der Waals surface area contributed by atoms with Crippen LogP contribution in [0.3, 0.4) is 0 Å². The second-order valence-electron chi connectivity index (χ2n) is 5.57. The van der Waals surface area contributed by atoms with E-state index in [1.54, 1.807) is 13.2 Å². The molecule has 1 aliphatic carbocycles. The molecule has 0 amide bonds. The maximum Gasteiger partial charge on any atom is 0.180 e. The average Bonchev–Trinajstić information content (AvgIpc) is 3.14. The number of halogens is 2.